The summed E-state index contributed by atoms with van der Waals surface area (Å²) >= 11 is 0. The van der Waals surface area contributed by atoms with Crippen molar-refractivity contribution in [1.82, 2.24) is 10.0 Å². The number of hydrogen-bond donors (Lipinski definition) is 4. The van der Waals surface area contributed by atoms with Gasteiger partial charge in [-0.25, -0.2) is 13.1 Å². The van der Waals surface area contributed by atoms with Crippen LogP contribution in [0.25, 0.3) is 0 Å². The zero-order valence-electron chi connectivity index (χ0n) is 22.0. The number of rotatable bonds is 9. The lowest BCUT2D eigenvalue weighted by Crippen LogP contribution is -2.42. The van der Waals surface area contributed by atoms with Gasteiger partial charge < -0.3 is 25.7 Å². The van der Waals surface area contributed by atoms with Crippen LogP contribution < -0.4 is 20.5 Å². The summed E-state index contributed by atoms with van der Waals surface area (Å²) in [6, 6.07) is -0.922. The Balaban J connectivity index is 2.28. The molecule has 0 saturated carbocycles. The van der Waals surface area contributed by atoms with E-state index in [1.54, 1.807) is 34.6 Å². The van der Waals surface area contributed by atoms with Crippen LogP contribution in [0.2, 0.25) is 0 Å². The van der Waals surface area contributed by atoms with Crippen LogP contribution in [0.15, 0.2) is 10.1 Å². The average molecular weight is 513 g/mol. The normalized spacial score (nSPS) is 16.3. The number of carboxylic acid groups (broad SMARTS) is 1. The first-order chi connectivity index (χ1) is 15.9. The smallest absolute Gasteiger partial charge is 0.320 e. The van der Waals surface area contributed by atoms with Crippen molar-refractivity contribution in [2.24, 2.45) is 10.9 Å². The van der Waals surface area contributed by atoms with Crippen LogP contribution in [-0.2, 0) is 26.1 Å². The van der Waals surface area contributed by atoms with E-state index in [0.717, 1.165) is 16.9 Å². The number of unbranched alkanes of at least 4 members (excludes halogenated alkanes) is 1. The van der Waals surface area contributed by atoms with E-state index in [1.807, 2.05) is 20.8 Å². The minimum Gasteiger partial charge on any atom is -0.487 e. The molecule has 0 saturated heterocycles. The van der Waals surface area contributed by atoms with Crippen LogP contribution in [-0.4, -0.2) is 49.2 Å². The summed E-state index contributed by atoms with van der Waals surface area (Å²) in [7, 11) is -4.01. The fourth-order valence-corrected chi connectivity index (χ4v) is 5.46. The molecule has 1 heterocycles. The van der Waals surface area contributed by atoms with Crippen molar-refractivity contribution in [2.75, 3.05) is 6.54 Å². The number of nitrogens with one attached hydrogen (secondary N) is 2. The first-order valence-corrected chi connectivity index (χ1v) is 13.3. The molecule has 10 nitrogen and oxygen atoms in total. The summed E-state index contributed by atoms with van der Waals surface area (Å²) in [5.41, 5.74) is 7.45. The molecular formula is C24H40N4O6S. The van der Waals surface area contributed by atoms with Crippen LogP contribution >= 0.6 is 0 Å². The number of fused-ring (bicyclic) bond motifs is 1. The molecule has 1 atom stereocenters. The SMILES string of the molecule is Cc1c(C)c(S(=O)(=O)N/C(=N\OC(C)(C)C)NCCCC[C@H](N)C(=O)O)c(C)c2c1OC(C)(C)C2. The van der Waals surface area contributed by atoms with E-state index in [9.17, 15) is 13.2 Å². The molecule has 11 heteroatoms. The summed E-state index contributed by atoms with van der Waals surface area (Å²) in [5, 5.41) is 15.9. The van der Waals surface area contributed by atoms with E-state index in [-0.39, 0.29) is 10.9 Å². The summed E-state index contributed by atoms with van der Waals surface area (Å²) < 4.78 is 35.8. The van der Waals surface area contributed by atoms with Gasteiger partial charge >= 0.3 is 5.97 Å². The molecule has 198 valence electrons. The van der Waals surface area contributed by atoms with Gasteiger partial charge in [-0.15, -0.1) is 0 Å². The molecule has 5 N–H and O–H groups in total. The number of benzene rings is 1. The standard InChI is InChI=1S/C24H40N4O6S/c1-14-15(2)20(16(3)17-13-24(7,8)33-19(14)17)35(31,32)28-22(27-34-23(4,5)6)26-12-10-9-11-18(25)21(29)30/h18H,9-13,25H2,1-8H3,(H,29,30)(H2,26,27,28)/t18-/m0/s1. The first kappa shape index (κ1) is 28.7. The van der Waals surface area contributed by atoms with E-state index < -0.39 is 33.2 Å². The van der Waals surface area contributed by atoms with Crippen LogP contribution in [0, 0.1) is 20.8 Å². The molecule has 0 radical (unpaired) electrons. The number of carboxylic acids is 1. The maximum atomic E-state index is 13.6. The van der Waals surface area contributed by atoms with Crippen LogP contribution in [0.1, 0.15) is 76.1 Å². The third kappa shape index (κ3) is 7.47. The highest BCUT2D eigenvalue weighted by molar-refractivity contribution is 7.90. The zero-order chi connectivity index (χ0) is 26.8. The molecule has 0 aromatic heterocycles. The molecule has 1 aromatic carbocycles. The van der Waals surface area contributed by atoms with Gasteiger partial charge in [-0.2, -0.15) is 0 Å². The monoisotopic (exact) mass is 512 g/mol. The van der Waals surface area contributed by atoms with Gasteiger partial charge in [0.05, 0.1) is 4.90 Å². The molecular weight excluding hydrogens is 472 g/mol. The maximum absolute atomic E-state index is 13.6. The molecule has 1 aliphatic rings. The Kier molecular flexibility index (Phi) is 8.70. The molecule has 0 unspecified atom stereocenters. The van der Waals surface area contributed by atoms with Crippen molar-refractivity contribution in [3.05, 3.63) is 22.3 Å². The second kappa shape index (κ2) is 10.6. The first-order valence-electron chi connectivity index (χ1n) is 11.8. The van der Waals surface area contributed by atoms with Crippen molar-refractivity contribution in [2.45, 2.75) is 103 Å². The lowest BCUT2D eigenvalue weighted by atomic mass is 9.94. The summed E-state index contributed by atoms with van der Waals surface area (Å²) in [5.74, 6) is -0.335. The maximum Gasteiger partial charge on any atom is 0.320 e. The third-order valence-corrected chi connectivity index (χ3v) is 7.37. The number of nitrogens with two attached hydrogens (primary N) is 1. The number of carbonyl (C=O) groups is 1. The van der Waals surface area contributed by atoms with E-state index in [0.29, 0.717) is 43.4 Å². The van der Waals surface area contributed by atoms with E-state index in [2.05, 4.69) is 15.2 Å². The Morgan fingerprint density at radius 1 is 1.20 bits per heavy atom. The van der Waals surface area contributed by atoms with E-state index in [1.165, 1.54) is 0 Å². The highest BCUT2D eigenvalue weighted by Gasteiger charge is 2.37. The highest BCUT2D eigenvalue weighted by atomic mass is 32.2. The molecule has 0 fully saturated rings. The third-order valence-electron chi connectivity index (χ3n) is 5.75. The van der Waals surface area contributed by atoms with Gasteiger partial charge in [-0.3, -0.25) is 4.79 Å². The zero-order valence-corrected chi connectivity index (χ0v) is 22.9. The van der Waals surface area contributed by atoms with Gasteiger partial charge in [-0.1, -0.05) is 0 Å². The second-order valence-corrected chi connectivity index (χ2v) is 12.3. The number of sulfonamides is 1. The molecule has 0 bridgehead atoms. The Morgan fingerprint density at radius 3 is 2.40 bits per heavy atom. The summed E-state index contributed by atoms with van der Waals surface area (Å²) in [6.07, 6.45) is 2.06. The number of aliphatic carboxylic acids is 1. The van der Waals surface area contributed by atoms with Gasteiger partial charge in [0, 0.05) is 18.5 Å². The lowest BCUT2D eigenvalue weighted by molar-refractivity contribution is -0.138. The van der Waals surface area contributed by atoms with Gasteiger partial charge in [0.1, 0.15) is 23.0 Å². The highest BCUT2D eigenvalue weighted by Crippen LogP contribution is 2.43. The average Bonchev–Trinajstić information content (AvgIpc) is 3.04. The van der Waals surface area contributed by atoms with Crippen molar-refractivity contribution in [3.63, 3.8) is 0 Å². The molecule has 1 aromatic rings. The van der Waals surface area contributed by atoms with Crippen molar-refractivity contribution >= 4 is 22.0 Å². The fourth-order valence-electron chi connectivity index (χ4n) is 3.92. The quantitative estimate of drug-likeness (QED) is 0.171. The largest absolute Gasteiger partial charge is 0.487 e. The minimum atomic E-state index is -4.01. The second-order valence-electron chi connectivity index (χ2n) is 10.7. The number of nitrogens with zero attached hydrogens (tertiary/aromatic N) is 1. The van der Waals surface area contributed by atoms with Crippen molar-refractivity contribution < 1.29 is 27.9 Å². The fraction of sp³-hybridized carbons (Fsp3) is 0.667. The molecule has 0 amide bonds. The van der Waals surface area contributed by atoms with E-state index in [4.69, 9.17) is 20.4 Å². The molecule has 1 aliphatic heterocycles. The van der Waals surface area contributed by atoms with Crippen molar-refractivity contribution in [3.8, 4) is 5.75 Å². The number of guanidine groups is 1. The summed E-state index contributed by atoms with van der Waals surface area (Å²) in [4.78, 5) is 16.5. The Bertz CT molecular complexity index is 1090. The predicted molar refractivity (Wildman–Crippen MR) is 135 cm³/mol. The van der Waals surface area contributed by atoms with Gasteiger partial charge in [0.25, 0.3) is 10.0 Å². The molecule has 0 spiro atoms. The van der Waals surface area contributed by atoms with Gasteiger partial charge in [-0.05, 0) is 96.5 Å². The number of ether oxygens (including phenoxy) is 1. The topological polar surface area (TPSA) is 152 Å². The number of hydrogen-bond acceptors (Lipinski definition) is 7. The Hall–Kier alpha value is -2.53. The molecule has 35 heavy (non-hydrogen) atoms. The van der Waals surface area contributed by atoms with Crippen molar-refractivity contribution in [1.29, 1.82) is 0 Å². The lowest BCUT2D eigenvalue weighted by Gasteiger charge is -2.21. The molecule has 0 aliphatic carbocycles. The summed E-state index contributed by atoms with van der Waals surface area (Å²) in [6.45, 7) is 15.2. The van der Waals surface area contributed by atoms with Crippen LogP contribution in [0.4, 0.5) is 0 Å². The number of oxime groups is 1. The van der Waals surface area contributed by atoms with Gasteiger partial charge in [0.15, 0.2) is 0 Å². The molecule has 2 rings (SSSR count). The minimum absolute atomic E-state index is 0.0454. The van der Waals surface area contributed by atoms with Crippen LogP contribution in [0.3, 0.4) is 0 Å². The van der Waals surface area contributed by atoms with Crippen LogP contribution in [0.5, 0.6) is 5.75 Å². The Morgan fingerprint density at radius 2 is 1.83 bits per heavy atom. The van der Waals surface area contributed by atoms with Gasteiger partial charge in [0.2, 0.25) is 5.96 Å². The van der Waals surface area contributed by atoms with E-state index >= 15 is 0 Å². The Labute approximate surface area is 208 Å². The predicted octanol–water partition coefficient (Wildman–Crippen LogP) is 2.86.